The Kier molecular flexibility index (Phi) is 5.89. The molecule has 2 aromatic carbocycles. The van der Waals surface area contributed by atoms with Gasteiger partial charge in [-0.2, -0.15) is 0 Å². The van der Waals surface area contributed by atoms with E-state index in [-0.39, 0.29) is 22.7 Å². The average Bonchev–Trinajstić information content (AvgIpc) is 2.54. The lowest BCUT2D eigenvalue weighted by atomic mass is 10.2. The molecule has 0 saturated heterocycles. The van der Waals surface area contributed by atoms with E-state index in [1.165, 1.54) is 36.4 Å². The van der Waals surface area contributed by atoms with Gasteiger partial charge in [0.15, 0.2) is 0 Å². The molecular formula is C14H11Cl3N4O4. The van der Waals surface area contributed by atoms with Gasteiger partial charge in [0.05, 0.1) is 9.85 Å². The summed E-state index contributed by atoms with van der Waals surface area (Å²) in [5, 5.41) is 27.6. The molecule has 0 aliphatic heterocycles. The molecule has 0 aliphatic rings. The monoisotopic (exact) mass is 404 g/mol. The smallest absolute Gasteiger partial charge is 0.292 e. The highest BCUT2D eigenvalue weighted by atomic mass is 35.6. The Morgan fingerprint density at radius 1 is 0.800 bits per heavy atom. The Labute approximate surface area is 157 Å². The van der Waals surface area contributed by atoms with Crippen molar-refractivity contribution < 1.29 is 9.85 Å². The largest absolute Gasteiger partial charge is 0.356 e. The number of benzene rings is 2. The summed E-state index contributed by atoms with van der Waals surface area (Å²) in [6.45, 7) is 0. The van der Waals surface area contributed by atoms with E-state index in [0.29, 0.717) is 0 Å². The summed E-state index contributed by atoms with van der Waals surface area (Å²) in [4.78, 5) is 21.0. The van der Waals surface area contributed by atoms with Crippen LogP contribution in [-0.4, -0.2) is 19.8 Å². The Bertz CT molecular complexity index is 738. The zero-order chi connectivity index (χ0) is 18.6. The zero-order valence-corrected chi connectivity index (χ0v) is 14.6. The SMILES string of the molecule is O=[N+]([O-])c1ccccc1NC(Nc1ccccc1[N+](=O)[O-])C(Cl)(Cl)Cl. The number of rotatable bonds is 6. The van der Waals surface area contributed by atoms with Crippen LogP contribution in [-0.2, 0) is 0 Å². The highest BCUT2D eigenvalue weighted by molar-refractivity contribution is 6.68. The number of hydrogen-bond acceptors (Lipinski definition) is 6. The van der Waals surface area contributed by atoms with Gasteiger partial charge < -0.3 is 10.6 Å². The molecule has 8 nitrogen and oxygen atoms in total. The minimum absolute atomic E-state index is 0.0925. The van der Waals surface area contributed by atoms with E-state index in [9.17, 15) is 20.2 Å². The molecule has 2 N–H and O–H groups in total. The first kappa shape index (κ1) is 19.0. The van der Waals surface area contributed by atoms with Gasteiger partial charge in [0.25, 0.3) is 11.4 Å². The standard InChI is InChI=1S/C14H11Cl3N4O4/c15-14(16,17)13(18-9-5-1-3-7-11(9)20(22)23)19-10-6-2-4-8-12(10)21(24)25/h1-8,13,18-19H. The number of nitro benzene ring substituents is 2. The molecule has 0 unspecified atom stereocenters. The normalized spacial score (nSPS) is 11.2. The molecule has 0 atom stereocenters. The number of hydrogen-bond donors (Lipinski definition) is 2. The van der Waals surface area contributed by atoms with Crippen LogP contribution in [0.3, 0.4) is 0 Å². The van der Waals surface area contributed by atoms with Gasteiger partial charge in [0, 0.05) is 12.1 Å². The van der Waals surface area contributed by atoms with Gasteiger partial charge in [-0.15, -0.1) is 0 Å². The first-order valence-electron chi connectivity index (χ1n) is 6.77. The van der Waals surface area contributed by atoms with Gasteiger partial charge in [0.2, 0.25) is 3.79 Å². The van der Waals surface area contributed by atoms with Gasteiger partial charge in [-0.1, -0.05) is 59.1 Å². The van der Waals surface area contributed by atoms with Gasteiger partial charge in [-0.05, 0) is 12.1 Å². The van der Waals surface area contributed by atoms with Crippen LogP contribution in [0.15, 0.2) is 48.5 Å². The van der Waals surface area contributed by atoms with Crippen LogP contribution in [0.1, 0.15) is 0 Å². The highest BCUT2D eigenvalue weighted by Gasteiger charge is 2.35. The minimum atomic E-state index is -1.96. The summed E-state index contributed by atoms with van der Waals surface area (Å²) < 4.78 is -1.96. The number of para-hydroxylation sites is 4. The number of nitro groups is 2. The molecule has 0 aromatic heterocycles. The van der Waals surface area contributed by atoms with E-state index in [1.54, 1.807) is 12.1 Å². The highest BCUT2D eigenvalue weighted by Crippen LogP contribution is 2.36. The summed E-state index contributed by atoms with van der Waals surface area (Å²) in [5.74, 6) is 0. The molecule has 2 rings (SSSR count). The topological polar surface area (TPSA) is 110 Å². The molecule has 2 aromatic rings. The van der Waals surface area contributed by atoms with Crippen molar-refractivity contribution in [3.63, 3.8) is 0 Å². The van der Waals surface area contributed by atoms with Crippen molar-refractivity contribution in [2.24, 2.45) is 0 Å². The molecule has 0 saturated carbocycles. The van der Waals surface area contributed by atoms with Crippen LogP contribution in [0, 0.1) is 20.2 Å². The maximum atomic E-state index is 11.1. The van der Waals surface area contributed by atoms with Crippen molar-refractivity contribution in [1.29, 1.82) is 0 Å². The molecule has 0 bridgehead atoms. The first-order valence-corrected chi connectivity index (χ1v) is 7.90. The lowest BCUT2D eigenvalue weighted by molar-refractivity contribution is -0.384. The molecular weight excluding hydrogens is 395 g/mol. The molecule has 0 spiro atoms. The Morgan fingerprint density at radius 3 is 1.48 bits per heavy atom. The number of anilines is 2. The first-order chi connectivity index (χ1) is 11.7. The van der Waals surface area contributed by atoms with E-state index in [1.807, 2.05) is 0 Å². The van der Waals surface area contributed by atoms with Crippen LogP contribution in [0.5, 0.6) is 0 Å². The second kappa shape index (κ2) is 7.73. The fourth-order valence-electron chi connectivity index (χ4n) is 2.02. The van der Waals surface area contributed by atoms with Crippen molar-refractivity contribution in [2.45, 2.75) is 9.96 Å². The van der Waals surface area contributed by atoms with Crippen molar-refractivity contribution in [3.05, 3.63) is 68.8 Å². The second-order valence-corrected chi connectivity index (χ2v) is 7.18. The van der Waals surface area contributed by atoms with Crippen LogP contribution < -0.4 is 10.6 Å². The maximum absolute atomic E-state index is 11.1. The molecule has 0 radical (unpaired) electrons. The molecule has 0 fully saturated rings. The van der Waals surface area contributed by atoms with Gasteiger partial charge in [-0.3, -0.25) is 20.2 Å². The summed E-state index contributed by atoms with van der Waals surface area (Å²) in [5.41, 5.74) is -0.276. The van der Waals surface area contributed by atoms with Crippen LogP contribution in [0.4, 0.5) is 22.7 Å². The molecule has 0 aliphatic carbocycles. The summed E-state index contributed by atoms with van der Waals surface area (Å²) >= 11 is 17.8. The molecule has 11 heteroatoms. The lowest BCUT2D eigenvalue weighted by Crippen LogP contribution is -2.41. The van der Waals surface area contributed by atoms with E-state index in [0.717, 1.165) is 0 Å². The fourth-order valence-corrected chi connectivity index (χ4v) is 2.35. The summed E-state index contributed by atoms with van der Waals surface area (Å²) in [6, 6.07) is 11.5. The van der Waals surface area contributed by atoms with E-state index >= 15 is 0 Å². The maximum Gasteiger partial charge on any atom is 0.292 e. The van der Waals surface area contributed by atoms with E-state index in [2.05, 4.69) is 10.6 Å². The zero-order valence-electron chi connectivity index (χ0n) is 12.4. The number of nitrogens with one attached hydrogen (secondary N) is 2. The Hall–Kier alpha value is -2.29. The third-order valence-corrected chi connectivity index (χ3v) is 3.78. The number of nitrogens with zero attached hydrogens (tertiary/aromatic N) is 2. The molecule has 0 amide bonds. The average molecular weight is 406 g/mol. The number of halogens is 3. The Balaban J connectivity index is 2.37. The van der Waals surface area contributed by atoms with Gasteiger partial charge in [-0.25, -0.2) is 0 Å². The quantitative estimate of drug-likeness (QED) is 0.311. The van der Waals surface area contributed by atoms with Gasteiger partial charge >= 0.3 is 0 Å². The fraction of sp³-hybridized carbons (Fsp3) is 0.143. The predicted molar refractivity (Wildman–Crippen MR) is 97.5 cm³/mol. The second-order valence-electron chi connectivity index (χ2n) is 4.81. The third kappa shape index (κ3) is 4.85. The summed E-state index contributed by atoms with van der Waals surface area (Å²) in [6.07, 6.45) is -1.18. The Morgan fingerprint density at radius 2 is 1.16 bits per heavy atom. The van der Waals surface area contributed by atoms with Crippen molar-refractivity contribution in [1.82, 2.24) is 0 Å². The third-order valence-electron chi connectivity index (χ3n) is 3.13. The molecule has 0 heterocycles. The lowest BCUT2D eigenvalue weighted by Gasteiger charge is -2.28. The van der Waals surface area contributed by atoms with Crippen LogP contribution in [0.25, 0.3) is 0 Å². The minimum Gasteiger partial charge on any atom is -0.356 e. The van der Waals surface area contributed by atoms with E-state index in [4.69, 9.17) is 34.8 Å². The summed E-state index contributed by atoms with van der Waals surface area (Å²) in [7, 11) is 0. The van der Waals surface area contributed by atoms with Crippen LogP contribution >= 0.6 is 34.8 Å². The van der Waals surface area contributed by atoms with Crippen LogP contribution in [0.2, 0.25) is 0 Å². The van der Waals surface area contributed by atoms with Crippen molar-refractivity contribution in [3.8, 4) is 0 Å². The van der Waals surface area contributed by atoms with Crippen molar-refractivity contribution in [2.75, 3.05) is 10.6 Å². The number of alkyl halides is 3. The van der Waals surface area contributed by atoms with Gasteiger partial charge in [0.1, 0.15) is 17.5 Å². The predicted octanol–water partition coefficient (Wildman–Crippen LogP) is 4.72. The molecule has 25 heavy (non-hydrogen) atoms. The molecule has 132 valence electrons. The van der Waals surface area contributed by atoms with Crippen molar-refractivity contribution >= 4 is 57.6 Å². The van der Waals surface area contributed by atoms with E-state index < -0.39 is 19.8 Å².